The predicted molar refractivity (Wildman–Crippen MR) is 107 cm³/mol. The molecule has 2 aromatic carbocycles. The molecule has 0 saturated carbocycles. The first kappa shape index (κ1) is 19.4. The number of benzene rings is 2. The van der Waals surface area contributed by atoms with E-state index in [0.717, 1.165) is 12.8 Å². The Labute approximate surface area is 172 Å². The number of nitrogens with one attached hydrogen (secondary N) is 1. The van der Waals surface area contributed by atoms with E-state index in [1.165, 1.54) is 24.1 Å². The first-order valence-corrected chi connectivity index (χ1v) is 9.62. The Morgan fingerprint density at radius 1 is 1.21 bits per heavy atom. The molecule has 2 aliphatic heterocycles. The number of hydrogen-bond acceptors (Lipinski definition) is 5. The van der Waals surface area contributed by atoms with Crippen LogP contribution in [0.3, 0.4) is 0 Å². The Balaban J connectivity index is 1.55. The van der Waals surface area contributed by atoms with Crippen molar-refractivity contribution in [2.45, 2.75) is 18.9 Å². The minimum absolute atomic E-state index is 0.119. The van der Waals surface area contributed by atoms with Crippen molar-refractivity contribution in [3.05, 3.63) is 58.1 Å². The SMILES string of the molecule is COc1ccc(Cl)cc1C(=O)Nc1ccc2c(c1)C(=O)N(C[C@@H]1CCCO1)C2=O. The number of carbonyl (C=O) groups is 3. The van der Waals surface area contributed by atoms with Crippen LogP contribution in [0.5, 0.6) is 5.75 Å². The Kier molecular flexibility index (Phi) is 5.25. The molecule has 1 N–H and O–H groups in total. The highest BCUT2D eigenvalue weighted by molar-refractivity contribution is 6.31. The largest absolute Gasteiger partial charge is 0.496 e. The first-order chi connectivity index (χ1) is 14.0. The van der Waals surface area contributed by atoms with E-state index in [2.05, 4.69) is 5.32 Å². The summed E-state index contributed by atoms with van der Waals surface area (Å²) in [6.45, 7) is 0.894. The summed E-state index contributed by atoms with van der Waals surface area (Å²) in [4.78, 5) is 39.2. The lowest BCUT2D eigenvalue weighted by Crippen LogP contribution is -2.36. The molecular formula is C21H19ClN2O5. The van der Waals surface area contributed by atoms with Crippen molar-refractivity contribution < 1.29 is 23.9 Å². The number of methoxy groups -OCH3 is 1. The molecule has 8 heteroatoms. The lowest BCUT2D eigenvalue weighted by Gasteiger charge is -2.17. The number of carbonyl (C=O) groups excluding carboxylic acids is 3. The summed E-state index contributed by atoms with van der Waals surface area (Å²) in [7, 11) is 1.46. The van der Waals surface area contributed by atoms with Crippen LogP contribution in [0.15, 0.2) is 36.4 Å². The van der Waals surface area contributed by atoms with E-state index in [9.17, 15) is 14.4 Å². The molecular weight excluding hydrogens is 396 g/mol. The molecule has 4 rings (SSSR count). The number of ether oxygens (including phenoxy) is 2. The van der Waals surface area contributed by atoms with Crippen LogP contribution in [0.25, 0.3) is 0 Å². The maximum atomic E-state index is 12.7. The summed E-state index contributed by atoms with van der Waals surface area (Å²) < 4.78 is 10.7. The van der Waals surface area contributed by atoms with E-state index in [0.29, 0.717) is 28.6 Å². The smallest absolute Gasteiger partial charge is 0.261 e. The number of halogens is 1. The highest BCUT2D eigenvalue weighted by Gasteiger charge is 2.37. The van der Waals surface area contributed by atoms with Crippen LogP contribution in [-0.2, 0) is 4.74 Å². The van der Waals surface area contributed by atoms with E-state index in [1.807, 2.05) is 0 Å². The average Bonchev–Trinajstić information content (AvgIpc) is 3.31. The highest BCUT2D eigenvalue weighted by Crippen LogP contribution is 2.29. The second-order valence-electron chi connectivity index (χ2n) is 6.92. The molecule has 1 saturated heterocycles. The van der Waals surface area contributed by atoms with Gasteiger partial charge in [0, 0.05) is 17.3 Å². The number of imide groups is 1. The molecule has 0 radical (unpaired) electrons. The zero-order chi connectivity index (χ0) is 20.5. The Morgan fingerprint density at radius 2 is 2.00 bits per heavy atom. The maximum absolute atomic E-state index is 12.7. The zero-order valence-electron chi connectivity index (χ0n) is 15.7. The molecule has 0 unspecified atom stereocenters. The van der Waals surface area contributed by atoms with Crippen LogP contribution in [0.2, 0.25) is 5.02 Å². The molecule has 29 heavy (non-hydrogen) atoms. The van der Waals surface area contributed by atoms with E-state index >= 15 is 0 Å². The molecule has 1 atom stereocenters. The van der Waals surface area contributed by atoms with Crippen molar-refractivity contribution in [3.63, 3.8) is 0 Å². The summed E-state index contributed by atoms with van der Waals surface area (Å²) in [6.07, 6.45) is 1.64. The topological polar surface area (TPSA) is 84.9 Å². The van der Waals surface area contributed by atoms with E-state index in [4.69, 9.17) is 21.1 Å². The zero-order valence-corrected chi connectivity index (χ0v) is 16.5. The summed E-state index contributed by atoms with van der Waals surface area (Å²) in [5.41, 5.74) is 1.26. The number of amides is 3. The third-order valence-electron chi connectivity index (χ3n) is 5.04. The van der Waals surface area contributed by atoms with Gasteiger partial charge in [0.1, 0.15) is 5.75 Å². The Hall–Kier alpha value is -2.90. The van der Waals surface area contributed by atoms with Crippen molar-refractivity contribution in [1.82, 2.24) is 4.90 Å². The summed E-state index contributed by atoms with van der Waals surface area (Å²) in [5.74, 6) is -0.772. The van der Waals surface area contributed by atoms with Crippen LogP contribution in [0.1, 0.15) is 43.9 Å². The minimum Gasteiger partial charge on any atom is -0.496 e. The third kappa shape index (κ3) is 3.71. The van der Waals surface area contributed by atoms with E-state index in [1.54, 1.807) is 24.3 Å². The van der Waals surface area contributed by atoms with Crippen molar-refractivity contribution in [1.29, 1.82) is 0 Å². The Morgan fingerprint density at radius 3 is 2.72 bits per heavy atom. The van der Waals surface area contributed by atoms with Gasteiger partial charge in [0.25, 0.3) is 17.7 Å². The predicted octanol–water partition coefficient (Wildman–Crippen LogP) is 3.38. The summed E-state index contributed by atoms with van der Waals surface area (Å²) in [5, 5.41) is 3.13. The standard InChI is InChI=1S/C21H19ClN2O5/c1-28-18-7-4-12(22)9-17(18)19(25)23-13-5-6-15-16(10-13)21(27)24(20(15)26)11-14-3-2-8-29-14/h4-7,9-10,14H,2-3,8,11H2,1H3,(H,23,25)/t14-/m0/s1. The van der Waals surface area contributed by atoms with Gasteiger partial charge in [-0.1, -0.05) is 11.6 Å². The van der Waals surface area contributed by atoms with Gasteiger partial charge in [-0.2, -0.15) is 0 Å². The Bertz CT molecular complexity index is 1000. The van der Waals surface area contributed by atoms with Crippen molar-refractivity contribution in [2.75, 3.05) is 25.6 Å². The molecule has 0 spiro atoms. The quantitative estimate of drug-likeness (QED) is 0.758. The molecule has 0 aromatic heterocycles. The van der Waals surface area contributed by atoms with Gasteiger partial charge in [-0.15, -0.1) is 0 Å². The van der Waals surface area contributed by atoms with Crippen LogP contribution >= 0.6 is 11.6 Å². The number of anilines is 1. The maximum Gasteiger partial charge on any atom is 0.261 e. The van der Waals surface area contributed by atoms with Gasteiger partial charge in [0.2, 0.25) is 0 Å². The summed E-state index contributed by atoms with van der Waals surface area (Å²) >= 11 is 5.99. The summed E-state index contributed by atoms with van der Waals surface area (Å²) in [6, 6.07) is 9.39. The fraction of sp³-hybridized carbons (Fsp3) is 0.286. The number of rotatable bonds is 5. The normalized spacial score (nSPS) is 18.1. The van der Waals surface area contributed by atoms with Crippen LogP contribution in [0, 0.1) is 0 Å². The fourth-order valence-corrected chi connectivity index (χ4v) is 3.75. The van der Waals surface area contributed by atoms with Gasteiger partial charge in [0.05, 0.1) is 36.4 Å². The van der Waals surface area contributed by atoms with E-state index < -0.39 is 5.91 Å². The molecule has 1 fully saturated rings. The van der Waals surface area contributed by atoms with E-state index in [-0.39, 0.29) is 35.6 Å². The third-order valence-corrected chi connectivity index (χ3v) is 5.28. The lowest BCUT2D eigenvalue weighted by atomic mass is 10.1. The number of hydrogen-bond donors (Lipinski definition) is 1. The second-order valence-corrected chi connectivity index (χ2v) is 7.35. The van der Waals surface area contributed by atoms with Crippen molar-refractivity contribution in [2.24, 2.45) is 0 Å². The van der Waals surface area contributed by atoms with Crippen molar-refractivity contribution in [3.8, 4) is 5.75 Å². The molecule has 3 amide bonds. The first-order valence-electron chi connectivity index (χ1n) is 9.24. The molecule has 2 aliphatic rings. The molecule has 2 aromatic rings. The van der Waals surface area contributed by atoms with Crippen LogP contribution in [0.4, 0.5) is 5.69 Å². The molecule has 0 bridgehead atoms. The molecule has 150 valence electrons. The molecule has 2 heterocycles. The van der Waals surface area contributed by atoms with Gasteiger partial charge in [-0.05, 0) is 49.2 Å². The van der Waals surface area contributed by atoms with Crippen molar-refractivity contribution >= 4 is 35.0 Å². The fourth-order valence-electron chi connectivity index (χ4n) is 3.58. The van der Waals surface area contributed by atoms with Crippen LogP contribution in [-0.4, -0.2) is 49.0 Å². The lowest BCUT2D eigenvalue weighted by molar-refractivity contribution is 0.0475. The highest BCUT2D eigenvalue weighted by atomic mass is 35.5. The number of nitrogens with zero attached hydrogens (tertiary/aromatic N) is 1. The minimum atomic E-state index is -0.433. The van der Waals surface area contributed by atoms with Crippen LogP contribution < -0.4 is 10.1 Å². The monoisotopic (exact) mass is 414 g/mol. The van der Waals surface area contributed by atoms with Gasteiger partial charge in [-0.25, -0.2) is 0 Å². The average molecular weight is 415 g/mol. The van der Waals surface area contributed by atoms with Gasteiger partial charge in [-0.3, -0.25) is 19.3 Å². The van der Waals surface area contributed by atoms with Gasteiger partial charge < -0.3 is 14.8 Å². The second kappa shape index (κ2) is 7.85. The molecule has 7 nitrogen and oxygen atoms in total. The molecule has 0 aliphatic carbocycles. The van der Waals surface area contributed by atoms with Gasteiger partial charge >= 0.3 is 0 Å². The van der Waals surface area contributed by atoms with Gasteiger partial charge in [0.15, 0.2) is 0 Å². The number of fused-ring (bicyclic) bond motifs is 1.